The van der Waals surface area contributed by atoms with E-state index in [0.29, 0.717) is 28.8 Å². The highest BCUT2D eigenvalue weighted by Gasteiger charge is 2.28. The minimum absolute atomic E-state index is 0.0875. The molecule has 1 aliphatic carbocycles. The van der Waals surface area contributed by atoms with E-state index in [4.69, 9.17) is 5.73 Å². The maximum atomic E-state index is 11.8. The Balaban J connectivity index is 1.74. The SMILES string of the molecule is Nc1ccc(C(=O)NCCNC(=O)C2CC2)cc1Br. The van der Waals surface area contributed by atoms with Crippen molar-refractivity contribution in [3.63, 3.8) is 0 Å². The van der Waals surface area contributed by atoms with E-state index >= 15 is 0 Å². The zero-order valence-electron chi connectivity index (χ0n) is 10.4. The lowest BCUT2D eigenvalue weighted by Gasteiger charge is -2.07. The van der Waals surface area contributed by atoms with Gasteiger partial charge >= 0.3 is 0 Å². The van der Waals surface area contributed by atoms with E-state index in [2.05, 4.69) is 26.6 Å². The molecule has 6 heteroatoms. The molecule has 102 valence electrons. The lowest BCUT2D eigenvalue weighted by atomic mass is 10.2. The van der Waals surface area contributed by atoms with Crippen molar-refractivity contribution in [2.45, 2.75) is 12.8 Å². The number of anilines is 1. The van der Waals surface area contributed by atoms with Gasteiger partial charge in [0.2, 0.25) is 5.91 Å². The Morgan fingerprint density at radius 3 is 2.58 bits per heavy atom. The summed E-state index contributed by atoms with van der Waals surface area (Å²) in [4.78, 5) is 23.2. The van der Waals surface area contributed by atoms with E-state index in [1.807, 2.05) is 0 Å². The Morgan fingerprint density at radius 2 is 1.95 bits per heavy atom. The number of nitrogens with two attached hydrogens (primary N) is 1. The number of nitrogen functional groups attached to an aromatic ring is 1. The number of amides is 2. The molecular weight excluding hydrogens is 310 g/mol. The average molecular weight is 326 g/mol. The quantitative estimate of drug-likeness (QED) is 0.563. The fourth-order valence-corrected chi connectivity index (χ4v) is 2.00. The summed E-state index contributed by atoms with van der Waals surface area (Å²) in [5.74, 6) is 0.106. The summed E-state index contributed by atoms with van der Waals surface area (Å²) in [6, 6.07) is 5.01. The Morgan fingerprint density at radius 1 is 1.26 bits per heavy atom. The van der Waals surface area contributed by atoms with Crippen LogP contribution in [0.5, 0.6) is 0 Å². The summed E-state index contributed by atoms with van der Waals surface area (Å²) in [5, 5.41) is 5.53. The molecular formula is C13H16BrN3O2. The zero-order chi connectivity index (χ0) is 13.8. The first kappa shape index (κ1) is 13.9. The van der Waals surface area contributed by atoms with Crippen molar-refractivity contribution in [2.24, 2.45) is 5.92 Å². The van der Waals surface area contributed by atoms with Crippen molar-refractivity contribution < 1.29 is 9.59 Å². The summed E-state index contributed by atoms with van der Waals surface area (Å²) < 4.78 is 0.696. The third-order valence-electron chi connectivity index (χ3n) is 2.92. The van der Waals surface area contributed by atoms with Crippen LogP contribution in [0.15, 0.2) is 22.7 Å². The number of benzene rings is 1. The molecule has 0 radical (unpaired) electrons. The predicted molar refractivity (Wildman–Crippen MR) is 76.6 cm³/mol. The maximum Gasteiger partial charge on any atom is 0.251 e. The van der Waals surface area contributed by atoms with Crippen molar-refractivity contribution in [3.05, 3.63) is 28.2 Å². The lowest BCUT2D eigenvalue weighted by Crippen LogP contribution is -2.35. The number of hydrogen-bond donors (Lipinski definition) is 3. The van der Waals surface area contributed by atoms with E-state index in [1.54, 1.807) is 18.2 Å². The highest BCUT2D eigenvalue weighted by molar-refractivity contribution is 9.10. The Labute approximate surface area is 120 Å². The molecule has 0 unspecified atom stereocenters. The summed E-state index contributed by atoms with van der Waals surface area (Å²) in [6.07, 6.45) is 1.97. The average Bonchev–Trinajstić information content (AvgIpc) is 3.21. The Bertz CT molecular complexity index is 501. The molecule has 2 rings (SSSR count). The second-order valence-electron chi connectivity index (χ2n) is 4.56. The summed E-state index contributed by atoms with van der Waals surface area (Å²) in [5.41, 5.74) is 6.78. The van der Waals surface area contributed by atoms with Crippen LogP contribution in [0.2, 0.25) is 0 Å². The van der Waals surface area contributed by atoms with Crippen LogP contribution in [0, 0.1) is 5.92 Å². The number of hydrogen-bond acceptors (Lipinski definition) is 3. The molecule has 5 nitrogen and oxygen atoms in total. The highest BCUT2D eigenvalue weighted by Crippen LogP contribution is 2.28. The van der Waals surface area contributed by atoms with Crippen LogP contribution in [-0.4, -0.2) is 24.9 Å². The van der Waals surface area contributed by atoms with Crippen molar-refractivity contribution in [2.75, 3.05) is 18.8 Å². The van der Waals surface area contributed by atoms with Gasteiger partial charge in [-0.15, -0.1) is 0 Å². The summed E-state index contributed by atoms with van der Waals surface area (Å²) in [6.45, 7) is 0.872. The van der Waals surface area contributed by atoms with Gasteiger partial charge in [0.1, 0.15) is 0 Å². The summed E-state index contributed by atoms with van der Waals surface area (Å²) in [7, 11) is 0. The first-order valence-electron chi connectivity index (χ1n) is 6.19. The van der Waals surface area contributed by atoms with E-state index in [-0.39, 0.29) is 17.7 Å². The van der Waals surface area contributed by atoms with Crippen molar-refractivity contribution in [1.82, 2.24) is 10.6 Å². The van der Waals surface area contributed by atoms with Crippen molar-refractivity contribution in [1.29, 1.82) is 0 Å². The normalized spacial score (nSPS) is 13.9. The van der Waals surface area contributed by atoms with E-state index in [1.165, 1.54) is 0 Å². The molecule has 1 aromatic rings. The Hall–Kier alpha value is -1.56. The zero-order valence-corrected chi connectivity index (χ0v) is 12.0. The second-order valence-corrected chi connectivity index (χ2v) is 5.41. The lowest BCUT2D eigenvalue weighted by molar-refractivity contribution is -0.122. The van der Waals surface area contributed by atoms with E-state index < -0.39 is 0 Å². The molecule has 0 saturated heterocycles. The van der Waals surface area contributed by atoms with E-state index in [0.717, 1.165) is 12.8 Å². The molecule has 19 heavy (non-hydrogen) atoms. The van der Waals surface area contributed by atoms with Gasteiger partial charge in [0, 0.05) is 34.7 Å². The molecule has 1 fully saturated rings. The minimum atomic E-state index is -0.179. The van der Waals surface area contributed by atoms with Gasteiger partial charge in [-0.25, -0.2) is 0 Å². The molecule has 2 amide bonds. The van der Waals surface area contributed by atoms with Gasteiger partial charge < -0.3 is 16.4 Å². The van der Waals surface area contributed by atoms with E-state index in [9.17, 15) is 9.59 Å². The molecule has 0 spiro atoms. The first-order chi connectivity index (χ1) is 9.08. The van der Waals surface area contributed by atoms with Gasteiger partial charge in [-0.05, 0) is 47.0 Å². The van der Waals surface area contributed by atoms with Gasteiger partial charge in [-0.2, -0.15) is 0 Å². The molecule has 1 saturated carbocycles. The number of carbonyl (C=O) groups is 2. The number of carbonyl (C=O) groups excluding carboxylic acids is 2. The molecule has 0 aliphatic heterocycles. The number of nitrogens with one attached hydrogen (secondary N) is 2. The fraction of sp³-hybridized carbons (Fsp3) is 0.385. The largest absolute Gasteiger partial charge is 0.398 e. The topological polar surface area (TPSA) is 84.2 Å². The Kier molecular flexibility index (Phi) is 4.42. The van der Waals surface area contributed by atoms with Crippen LogP contribution in [-0.2, 0) is 4.79 Å². The second kappa shape index (κ2) is 6.06. The van der Waals surface area contributed by atoms with Crippen LogP contribution in [0.3, 0.4) is 0 Å². The van der Waals surface area contributed by atoms with Crippen LogP contribution < -0.4 is 16.4 Å². The molecule has 0 atom stereocenters. The van der Waals surface area contributed by atoms with Crippen molar-refractivity contribution in [3.8, 4) is 0 Å². The molecule has 0 bridgehead atoms. The van der Waals surface area contributed by atoms with Crippen molar-refractivity contribution >= 4 is 33.4 Å². The van der Waals surface area contributed by atoms with Crippen LogP contribution >= 0.6 is 15.9 Å². The number of halogens is 1. The minimum Gasteiger partial charge on any atom is -0.398 e. The van der Waals surface area contributed by atoms with Gasteiger partial charge in [0.05, 0.1) is 0 Å². The third kappa shape index (κ3) is 3.96. The molecule has 0 aromatic heterocycles. The first-order valence-corrected chi connectivity index (χ1v) is 6.98. The molecule has 1 aromatic carbocycles. The van der Waals surface area contributed by atoms with Crippen LogP contribution in [0.1, 0.15) is 23.2 Å². The number of rotatable bonds is 5. The van der Waals surface area contributed by atoms with Crippen LogP contribution in [0.25, 0.3) is 0 Å². The molecule has 4 N–H and O–H groups in total. The van der Waals surface area contributed by atoms with Gasteiger partial charge in [0.15, 0.2) is 0 Å². The monoisotopic (exact) mass is 325 g/mol. The standard InChI is InChI=1S/C13H16BrN3O2/c14-10-7-9(3-4-11(10)15)13(19)17-6-5-16-12(18)8-1-2-8/h3-4,7-8H,1-2,5-6,15H2,(H,16,18)(H,17,19). The fourth-order valence-electron chi connectivity index (χ4n) is 1.62. The summed E-state index contributed by atoms with van der Waals surface area (Å²) >= 11 is 3.28. The molecule has 0 heterocycles. The highest BCUT2D eigenvalue weighted by atomic mass is 79.9. The predicted octanol–water partition coefficient (Wildman–Crippen LogP) is 1.29. The van der Waals surface area contributed by atoms with Gasteiger partial charge in [-0.1, -0.05) is 0 Å². The smallest absolute Gasteiger partial charge is 0.251 e. The van der Waals surface area contributed by atoms with Crippen LogP contribution in [0.4, 0.5) is 5.69 Å². The molecule has 1 aliphatic rings. The maximum absolute atomic E-state index is 11.8. The van der Waals surface area contributed by atoms with Gasteiger partial charge in [0.25, 0.3) is 5.91 Å². The van der Waals surface area contributed by atoms with Gasteiger partial charge in [-0.3, -0.25) is 9.59 Å². The third-order valence-corrected chi connectivity index (χ3v) is 3.61.